The first-order valence-corrected chi connectivity index (χ1v) is 10.3. The number of amides is 2. The first-order chi connectivity index (χ1) is 14.3. The SMILES string of the molecule is CC(=O)c1cccc(NC(=O)C[C@@H]2S/C(=N/N=C(/C)c3ccc(Cl)cc3)NC2=O)c1. The second kappa shape index (κ2) is 9.69. The molecule has 0 bridgehead atoms. The summed E-state index contributed by atoms with van der Waals surface area (Å²) in [7, 11) is 0. The molecule has 154 valence electrons. The Morgan fingerprint density at radius 1 is 1.13 bits per heavy atom. The Balaban J connectivity index is 1.60. The summed E-state index contributed by atoms with van der Waals surface area (Å²) < 4.78 is 0. The number of Topliss-reactive ketones (excluding diaryl/α,β-unsaturated/α-hetero) is 1. The number of ketones is 1. The number of hydrogen-bond acceptors (Lipinski definition) is 6. The molecule has 0 saturated carbocycles. The molecule has 0 aromatic heterocycles. The van der Waals surface area contributed by atoms with Crippen LogP contribution in [0.4, 0.5) is 5.69 Å². The molecule has 2 aromatic carbocycles. The molecule has 1 aliphatic heterocycles. The lowest BCUT2D eigenvalue weighted by atomic mass is 10.1. The van der Waals surface area contributed by atoms with Gasteiger partial charge in [0.25, 0.3) is 0 Å². The first-order valence-electron chi connectivity index (χ1n) is 9.08. The summed E-state index contributed by atoms with van der Waals surface area (Å²) in [5, 5.41) is 13.9. The van der Waals surface area contributed by atoms with Gasteiger partial charge in [-0.1, -0.05) is 47.6 Å². The van der Waals surface area contributed by atoms with Crippen molar-refractivity contribution >= 4 is 57.5 Å². The highest BCUT2D eigenvalue weighted by molar-refractivity contribution is 8.15. The Bertz CT molecular complexity index is 1050. The van der Waals surface area contributed by atoms with Crippen LogP contribution < -0.4 is 10.6 Å². The summed E-state index contributed by atoms with van der Waals surface area (Å²) in [6.07, 6.45) is -0.0281. The van der Waals surface area contributed by atoms with Crippen LogP contribution in [0.1, 0.15) is 36.2 Å². The van der Waals surface area contributed by atoms with Gasteiger partial charge < -0.3 is 10.6 Å². The molecule has 3 rings (SSSR count). The lowest BCUT2D eigenvalue weighted by Crippen LogP contribution is -2.28. The minimum absolute atomic E-state index is 0.0281. The van der Waals surface area contributed by atoms with E-state index >= 15 is 0 Å². The van der Waals surface area contributed by atoms with Gasteiger partial charge in [-0.25, -0.2) is 0 Å². The van der Waals surface area contributed by atoms with Gasteiger partial charge in [0.05, 0.1) is 5.71 Å². The maximum absolute atomic E-state index is 12.3. The molecule has 9 heteroatoms. The molecule has 2 aromatic rings. The maximum atomic E-state index is 12.3. The van der Waals surface area contributed by atoms with Gasteiger partial charge in [-0.15, -0.1) is 5.10 Å². The highest BCUT2D eigenvalue weighted by atomic mass is 35.5. The standard InChI is InChI=1S/C21H19ClN4O3S/c1-12(14-6-8-16(22)9-7-14)25-26-21-24-20(29)18(30-21)11-19(28)23-17-5-3-4-15(10-17)13(2)27/h3-10,18H,11H2,1-2H3,(H,23,28)(H,24,26,29)/b25-12-/t18-/m0/s1. The summed E-state index contributed by atoms with van der Waals surface area (Å²) in [6, 6.07) is 13.8. The molecule has 1 atom stereocenters. The van der Waals surface area contributed by atoms with Crippen LogP contribution in [-0.4, -0.2) is 33.7 Å². The first kappa shape index (κ1) is 21.7. The van der Waals surface area contributed by atoms with Crippen LogP contribution in [0.3, 0.4) is 0 Å². The van der Waals surface area contributed by atoms with E-state index < -0.39 is 5.25 Å². The van der Waals surface area contributed by atoms with Gasteiger partial charge in [0, 0.05) is 22.7 Å². The van der Waals surface area contributed by atoms with Crippen molar-refractivity contribution in [2.75, 3.05) is 5.32 Å². The third-order valence-corrected chi connectivity index (χ3v) is 5.58. The number of amidine groups is 1. The Labute approximate surface area is 183 Å². The average molecular weight is 443 g/mol. The molecule has 1 aliphatic rings. The topological polar surface area (TPSA) is 100.0 Å². The molecule has 2 amide bonds. The number of benzene rings is 2. The Morgan fingerprint density at radius 2 is 1.87 bits per heavy atom. The number of anilines is 1. The minimum Gasteiger partial charge on any atom is -0.326 e. The van der Waals surface area contributed by atoms with Crippen molar-refractivity contribution in [1.82, 2.24) is 5.32 Å². The van der Waals surface area contributed by atoms with Crippen LogP contribution in [0.5, 0.6) is 0 Å². The fourth-order valence-electron chi connectivity index (χ4n) is 2.65. The maximum Gasteiger partial charge on any atom is 0.240 e. The largest absolute Gasteiger partial charge is 0.326 e. The fourth-order valence-corrected chi connectivity index (χ4v) is 3.70. The van der Waals surface area contributed by atoms with Gasteiger partial charge in [0.1, 0.15) is 5.25 Å². The summed E-state index contributed by atoms with van der Waals surface area (Å²) in [4.78, 5) is 35.9. The van der Waals surface area contributed by atoms with Crippen LogP contribution in [0.25, 0.3) is 0 Å². The summed E-state index contributed by atoms with van der Waals surface area (Å²) >= 11 is 7.03. The smallest absolute Gasteiger partial charge is 0.240 e. The lowest BCUT2D eigenvalue weighted by Gasteiger charge is -2.08. The molecule has 2 N–H and O–H groups in total. The van der Waals surface area contributed by atoms with Crippen LogP contribution >= 0.6 is 23.4 Å². The van der Waals surface area contributed by atoms with E-state index in [4.69, 9.17) is 11.6 Å². The molecule has 0 unspecified atom stereocenters. The fraction of sp³-hybridized carbons (Fsp3) is 0.190. The molecular formula is C21H19ClN4O3S. The van der Waals surface area contributed by atoms with Crippen LogP contribution in [0.2, 0.25) is 5.02 Å². The van der Waals surface area contributed by atoms with E-state index in [0.29, 0.717) is 27.2 Å². The van der Waals surface area contributed by atoms with Crippen molar-refractivity contribution < 1.29 is 14.4 Å². The zero-order valence-corrected chi connectivity index (χ0v) is 17.9. The van der Waals surface area contributed by atoms with E-state index in [1.165, 1.54) is 6.92 Å². The van der Waals surface area contributed by atoms with E-state index in [1.807, 2.05) is 12.1 Å². The third kappa shape index (κ3) is 5.77. The average Bonchev–Trinajstić information content (AvgIpc) is 3.06. The Hall–Kier alpha value is -2.97. The number of thioether (sulfide) groups is 1. The van der Waals surface area contributed by atoms with E-state index in [9.17, 15) is 14.4 Å². The molecule has 30 heavy (non-hydrogen) atoms. The number of hydrogen-bond donors (Lipinski definition) is 2. The molecule has 1 saturated heterocycles. The van der Waals surface area contributed by atoms with Crippen molar-refractivity contribution in [2.24, 2.45) is 10.2 Å². The summed E-state index contributed by atoms with van der Waals surface area (Å²) in [5.74, 6) is -0.719. The second-order valence-electron chi connectivity index (χ2n) is 6.58. The third-order valence-electron chi connectivity index (χ3n) is 4.25. The number of rotatable bonds is 6. The van der Waals surface area contributed by atoms with Gasteiger partial charge in [0.15, 0.2) is 11.0 Å². The monoisotopic (exact) mass is 442 g/mol. The summed E-state index contributed by atoms with van der Waals surface area (Å²) in [5.41, 5.74) is 2.54. The van der Waals surface area contributed by atoms with Crippen molar-refractivity contribution in [1.29, 1.82) is 0 Å². The van der Waals surface area contributed by atoms with E-state index in [2.05, 4.69) is 20.8 Å². The number of halogens is 1. The number of carbonyl (C=O) groups is 3. The molecule has 0 aliphatic carbocycles. The molecule has 0 radical (unpaired) electrons. The Morgan fingerprint density at radius 3 is 2.57 bits per heavy atom. The van der Waals surface area contributed by atoms with Gasteiger partial charge in [0.2, 0.25) is 11.8 Å². The molecule has 1 fully saturated rings. The predicted octanol–water partition coefficient (Wildman–Crippen LogP) is 3.88. The van der Waals surface area contributed by atoms with Gasteiger partial charge in [-0.2, -0.15) is 5.10 Å². The quantitative estimate of drug-likeness (QED) is 0.402. The molecule has 1 heterocycles. The zero-order valence-electron chi connectivity index (χ0n) is 16.3. The molecule has 0 spiro atoms. The van der Waals surface area contributed by atoms with E-state index in [1.54, 1.807) is 43.3 Å². The van der Waals surface area contributed by atoms with E-state index in [-0.39, 0.29) is 24.0 Å². The minimum atomic E-state index is -0.606. The number of nitrogens with one attached hydrogen (secondary N) is 2. The number of carbonyl (C=O) groups excluding carboxylic acids is 3. The molecular weight excluding hydrogens is 424 g/mol. The predicted molar refractivity (Wildman–Crippen MR) is 120 cm³/mol. The zero-order chi connectivity index (χ0) is 21.7. The van der Waals surface area contributed by atoms with Gasteiger partial charge in [-0.05, 0) is 43.7 Å². The highest BCUT2D eigenvalue weighted by Crippen LogP contribution is 2.23. The van der Waals surface area contributed by atoms with Crippen molar-refractivity contribution in [3.05, 3.63) is 64.7 Å². The van der Waals surface area contributed by atoms with Crippen LogP contribution in [0.15, 0.2) is 58.7 Å². The lowest BCUT2D eigenvalue weighted by molar-refractivity contribution is -0.122. The van der Waals surface area contributed by atoms with Gasteiger partial charge in [-0.3, -0.25) is 14.4 Å². The normalized spacial score (nSPS) is 17.7. The highest BCUT2D eigenvalue weighted by Gasteiger charge is 2.32. The van der Waals surface area contributed by atoms with Gasteiger partial charge >= 0.3 is 0 Å². The summed E-state index contributed by atoms with van der Waals surface area (Å²) in [6.45, 7) is 3.26. The van der Waals surface area contributed by atoms with Crippen LogP contribution in [-0.2, 0) is 9.59 Å². The van der Waals surface area contributed by atoms with Crippen molar-refractivity contribution in [3.8, 4) is 0 Å². The van der Waals surface area contributed by atoms with Crippen molar-refractivity contribution in [3.63, 3.8) is 0 Å². The molecule has 7 nitrogen and oxygen atoms in total. The van der Waals surface area contributed by atoms with E-state index in [0.717, 1.165) is 17.3 Å². The number of nitrogens with zero attached hydrogens (tertiary/aromatic N) is 2. The Kier molecular flexibility index (Phi) is 7.02. The second-order valence-corrected chi connectivity index (χ2v) is 8.21. The van der Waals surface area contributed by atoms with Crippen LogP contribution in [0, 0.1) is 0 Å². The van der Waals surface area contributed by atoms with Crippen molar-refractivity contribution in [2.45, 2.75) is 25.5 Å².